The fourth-order valence-electron chi connectivity index (χ4n) is 1.26. The van der Waals surface area contributed by atoms with Gasteiger partial charge in [0.1, 0.15) is 0 Å². The average molecular weight is 277 g/mol. The Morgan fingerprint density at radius 2 is 2.14 bits per heavy atom. The Labute approximate surface area is 98.4 Å². The summed E-state index contributed by atoms with van der Waals surface area (Å²) in [7, 11) is 4.12. The molecular weight excluding hydrogens is 260 g/mol. The van der Waals surface area contributed by atoms with Crippen molar-refractivity contribution in [3.63, 3.8) is 0 Å². The van der Waals surface area contributed by atoms with E-state index in [-0.39, 0.29) is 5.54 Å². The van der Waals surface area contributed by atoms with Crippen LogP contribution in [0.3, 0.4) is 0 Å². The average Bonchev–Trinajstić information content (AvgIpc) is 2.51. The van der Waals surface area contributed by atoms with Gasteiger partial charge in [-0.2, -0.15) is 0 Å². The maximum absolute atomic E-state index is 3.47. The highest BCUT2D eigenvalue weighted by Gasteiger charge is 2.18. The molecule has 0 saturated carbocycles. The molecule has 0 saturated heterocycles. The predicted molar refractivity (Wildman–Crippen MR) is 68.4 cm³/mol. The molecule has 0 bridgehead atoms. The molecule has 4 heteroatoms. The Morgan fingerprint density at radius 1 is 1.50 bits per heavy atom. The van der Waals surface area contributed by atoms with Crippen LogP contribution in [0.15, 0.2) is 15.9 Å². The zero-order valence-electron chi connectivity index (χ0n) is 9.10. The van der Waals surface area contributed by atoms with Crippen molar-refractivity contribution in [2.45, 2.75) is 19.4 Å². The van der Waals surface area contributed by atoms with E-state index in [2.05, 4.69) is 59.2 Å². The van der Waals surface area contributed by atoms with Gasteiger partial charge < -0.3 is 10.2 Å². The summed E-state index contributed by atoms with van der Waals surface area (Å²) in [6.07, 6.45) is 0. The monoisotopic (exact) mass is 276 g/mol. The minimum atomic E-state index is 0.144. The number of rotatable bonds is 4. The summed E-state index contributed by atoms with van der Waals surface area (Å²) in [6, 6.07) is 4.23. The van der Waals surface area contributed by atoms with Gasteiger partial charge in [-0.25, -0.2) is 0 Å². The van der Waals surface area contributed by atoms with Gasteiger partial charge in [0.15, 0.2) is 0 Å². The normalized spacial score (nSPS) is 11.8. The van der Waals surface area contributed by atoms with E-state index >= 15 is 0 Å². The Balaban J connectivity index is 2.63. The van der Waals surface area contributed by atoms with Gasteiger partial charge in [0.25, 0.3) is 0 Å². The second-order valence-electron chi connectivity index (χ2n) is 4.07. The van der Waals surface area contributed by atoms with E-state index in [0.717, 1.165) is 6.54 Å². The lowest BCUT2D eigenvalue weighted by atomic mass is 10.1. The standard InChI is InChI=1S/C10H17BrN2S/c1-10(2,12-3)7-13(4)9-6-5-8(11)14-9/h5-6,12H,7H2,1-4H3. The molecule has 0 fully saturated rings. The summed E-state index contributed by atoms with van der Waals surface area (Å²) in [5, 5.41) is 4.59. The van der Waals surface area contributed by atoms with E-state index in [1.54, 1.807) is 11.3 Å². The van der Waals surface area contributed by atoms with Crippen molar-refractivity contribution in [3.05, 3.63) is 15.9 Å². The second kappa shape index (κ2) is 4.64. The number of anilines is 1. The van der Waals surface area contributed by atoms with Crippen molar-refractivity contribution in [3.8, 4) is 0 Å². The van der Waals surface area contributed by atoms with E-state index in [9.17, 15) is 0 Å². The van der Waals surface area contributed by atoms with Crippen molar-refractivity contribution in [2.75, 3.05) is 25.5 Å². The number of likely N-dealkylation sites (N-methyl/N-ethyl adjacent to an activating group) is 2. The Kier molecular flexibility index (Phi) is 3.98. The largest absolute Gasteiger partial charge is 0.365 e. The fraction of sp³-hybridized carbons (Fsp3) is 0.600. The number of halogens is 1. The van der Waals surface area contributed by atoms with Gasteiger partial charge in [-0.05, 0) is 49.0 Å². The van der Waals surface area contributed by atoms with Gasteiger partial charge in [-0.1, -0.05) is 0 Å². The topological polar surface area (TPSA) is 15.3 Å². The minimum absolute atomic E-state index is 0.144. The predicted octanol–water partition coefficient (Wildman–Crippen LogP) is 2.94. The molecule has 0 aliphatic heterocycles. The van der Waals surface area contributed by atoms with Crippen LogP contribution in [0.25, 0.3) is 0 Å². The van der Waals surface area contributed by atoms with E-state index in [1.807, 2.05) is 7.05 Å². The molecule has 0 radical (unpaired) electrons. The van der Waals surface area contributed by atoms with Crippen LogP contribution in [0.5, 0.6) is 0 Å². The van der Waals surface area contributed by atoms with Crippen molar-refractivity contribution >= 4 is 32.3 Å². The van der Waals surface area contributed by atoms with Crippen LogP contribution in [0.4, 0.5) is 5.00 Å². The van der Waals surface area contributed by atoms with Gasteiger partial charge in [0.2, 0.25) is 0 Å². The molecule has 1 aromatic rings. The van der Waals surface area contributed by atoms with Crippen molar-refractivity contribution < 1.29 is 0 Å². The van der Waals surface area contributed by atoms with Crippen LogP contribution in [0, 0.1) is 0 Å². The lowest BCUT2D eigenvalue weighted by Crippen LogP contribution is -2.46. The summed E-state index contributed by atoms with van der Waals surface area (Å²) in [5.74, 6) is 0. The van der Waals surface area contributed by atoms with Gasteiger partial charge in [0.05, 0.1) is 8.79 Å². The maximum atomic E-state index is 3.47. The molecule has 0 aromatic carbocycles. The van der Waals surface area contributed by atoms with Crippen molar-refractivity contribution in [1.29, 1.82) is 0 Å². The number of nitrogens with zero attached hydrogens (tertiary/aromatic N) is 1. The van der Waals surface area contributed by atoms with Crippen LogP contribution in [0.2, 0.25) is 0 Å². The number of hydrogen-bond acceptors (Lipinski definition) is 3. The van der Waals surface area contributed by atoms with Crippen LogP contribution in [-0.4, -0.2) is 26.2 Å². The SMILES string of the molecule is CNC(C)(C)CN(C)c1ccc(Br)s1. The van der Waals surface area contributed by atoms with E-state index < -0.39 is 0 Å². The molecule has 1 rings (SSSR count). The lowest BCUT2D eigenvalue weighted by Gasteiger charge is -2.30. The molecule has 0 atom stereocenters. The number of nitrogens with one attached hydrogen (secondary N) is 1. The van der Waals surface area contributed by atoms with Gasteiger partial charge in [0, 0.05) is 19.1 Å². The molecule has 0 unspecified atom stereocenters. The molecule has 1 heterocycles. The third-order valence-electron chi connectivity index (χ3n) is 2.24. The van der Waals surface area contributed by atoms with Crippen molar-refractivity contribution in [2.24, 2.45) is 0 Å². The minimum Gasteiger partial charge on any atom is -0.365 e. The van der Waals surface area contributed by atoms with Gasteiger partial charge >= 0.3 is 0 Å². The van der Waals surface area contributed by atoms with Crippen LogP contribution in [-0.2, 0) is 0 Å². The molecule has 1 N–H and O–H groups in total. The summed E-state index contributed by atoms with van der Waals surface area (Å²) < 4.78 is 1.18. The summed E-state index contributed by atoms with van der Waals surface area (Å²) in [6.45, 7) is 5.40. The molecule has 1 aromatic heterocycles. The fourth-order valence-corrected chi connectivity index (χ4v) is 2.58. The molecule has 80 valence electrons. The van der Waals surface area contributed by atoms with Crippen LogP contribution >= 0.6 is 27.3 Å². The number of thiophene rings is 1. The number of hydrogen-bond donors (Lipinski definition) is 1. The van der Waals surface area contributed by atoms with Crippen LogP contribution < -0.4 is 10.2 Å². The molecular formula is C10H17BrN2S. The quantitative estimate of drug-likeness (QED) is 0.910. The van der Waals surface area contributed by atoms with Gasteiger partial charge in [-0.15, -0.1) is 11.3 Å². The van der Waals surface area contributed by atoms with Crippen LogP contribution in [0.1, 0.15) is 13.8 Å². The van der Waals surface area contributed by atoms with E-state index in [0.29, 0.717) is 0 Å². The molecule has 2 nitrogen and oxygen atoms in total. The highest BCUT2D eigenvalue weighted by Crippen LogP contribution is 2.29. The first-order chi connectivity index (χ1) is 6.44. The zero-order chi connectivity index (χ0) is 10.8. The highest BCUT2D eigenvalue weighted by atomic mass is 79.9. The third-order valence-corrected chi connectivity index (χ3v) is 3.98. The van der Waals surface area contributed by atoms with Crippen molar-refractivity contribution in [1.82, 2.24) is 5.32 Å². The third kappa shape index (κ3) is 3.26. The summed E-state index contributed by atoms with van der Waals surface area (Å²) in [5.41, 5.74) is 0.144. The highest BCUT2D eigenvalue weighted by molar-refractivity contribution is 9.11. The smallest absolute Gasteiger partial charge is 0.0918 e. The Morgan fingerprint density at radius 3 is 2.57 bits per heavy atom. The summed E-state index contributed by atoms with van der Waals surface area (Å²) in [4.78, 5) is 2.27. The summed E-state index contributed by atoms with van der Waals surface area (Å²) >= 11 is 5.24. The lowest BCUT2D eigenvalue weighted by molar-refractivity contribution is 0.429. The molecule has 14 heavy (non-hydrogen) atoms. The molecule has 0 spiro atoms. The van der Waals surface area contributed by atoms with Gasteiger partial charge in [-0.3, -0.25) is 0 Å². The molecule has 0 amide bonds. The molecule has 0 aliphatic carbocycles. The first-order valence-corrected chi connectivity index (χ1v) is 6.21. The Hall–Kier alpha value is -0.0600. The van der Waals surface area contributed by atoms with E-state index in [4.69, 9.17) is 0 Å². The first-order valence-electron chi connectivity index (χ1n) is 4.60. The van der Waals surface area contributed by atoms with E-state index in [1.165, 1.54) is 8.79 Å². The second-order valence-corrected chi connectivity index (χ2v) is 6.51. The molecule has 0 aliphatic rings. The zero-order valence-corrected chi connectivity index (χ0v) is 11.5. The maximum Gasteiger partial charge on any atom is 0.0918 e. The first kappa shape index (κ1) is 12.0. The Bertz CT molecular complexity index is 296.